The number of nitrogens with zero attached hydrogens (tertiary/aromatic N) is 2. The van der Waals surface area contributed by atoms with Crippen LogP contribution in [0.15, 0.2) is 35.1 Å². The molecule has 3 heterocycles. The molecule has 4 rings (SSSR count). The summed E-state index contributed by atoms with van der Waals surface area (Å²) in [6.07, 6.45) is 2.82. The summed E-state index contributed by atoms with van der Waals surface area (Å²) in [7, 11) is 0. The SMILES string of the molecule is Cc1nc(-c2ccc(F)cc2)sc1[C@H](C)NC(=O)c1ncoc1[C@H]1CCCO1. The van der Waals surface area contributed by atoms with Gasteiger partial charge in [0, 0.05) is 12.2 Å². The number of aryl methyl sites for hydroxylation is 1. The van der Waals surface area contributed by atoms with E-state index in [2.05, 4.69) is 15.3 Å². The Bertz CT molecular complexity index is 977. The van der Waals surface area contributed by atoms with Crippen LogP contribution in [-0.2, 0) is 4.74 Å². The summed E-state index contributed by atoms with van der Waals surface area (Å²) in [4.78, 5) is 22.3. The topological polar surface area (TPSA) is 77.3 Å². The van der Waals surface area contributed by atoms with Crippen molar-refractivity contribution >= 4 is 17.2 Å². The molecule has 2 atom stereocenters. The number of rotatable bonds is 5. The van der Waals surface area contributed by atoms with E-state index >= 15 is 0 Å². The van der Waals surface area contributed by atoms with Crippen molar-refractivity contribution in [3.63, 3.8) is 0 Å². The third-order valence-corrected chi connectivity index (χ3v) is 6.09. The highest BCUT2D eigenvalue weighted by molar-refractivity contribution is 7.15. The van der Waals surface area contributed by atoms with E-state index in [-0.39, 0.29) is 29.6 Å². The molecular formula is C20H20FN3O3S. The molecule has 146 valence electrons. The molecule has 1 aliphatic heterocycles. The van der Waals surface area contributed by atoms with E-state index < -0.39 is 0 Å². The fraction of sp³-hybridized carbons (Fsp3) is 0.350. The zero-order chi connectivity index (χ0) is 19.7. The summed E-state index contributed by atoms with van der Waals surface area (Å²) in [6.45, 7) is 4.46. The Kier molecular flexibility index (Phi) is 5.23. The second-order valence-electron chi connectivity index (χ2n) is 6.74. The molecule has 28 heavy (non-hydrogen) atoms. The van der Waals surface area contributed by atoms with Crippen molar-refractivity contribution < 1.29 is 18.3 Å². The van der Waals surface area contributed by atoms with Gasteiger partial charge < -0.3 is 14.5 Å². The molecular weight excluding hydrogens is 381 g/mol. The van der Waals surface area contributed by atoms with Gasteiger partial charge in [0.25, 0.3) is 5.91 Å². The number of carbonyl (C=O) groups is 1. The number of aromatic nitrogens is 2. The summed E-state index contributed by atoms with van der Waals surface area (Å²) in [5.41, 5.74) is 1.94. The Morgan fingerprint density at radius 3 is 2.86 bits per heavy atom. The van der Waals surface area contributed by atoms with Crippen molar-refractivity contribution in [2.24, 2.45) is 0 Å². The van der Waals surface area contributed by atoms with Crippen molar-refractivity contribution in [2.45, 2.75) is 38.8 Å². The van der Waals surface area contributed by atoms with Gasteiger partial charge in [0.2, 0.25) is 0 Å². The second kappa shape index (κ2) is 7.81. The Hall–Kier alpha value is -2.58. The summed E-state index contributed by atoms with van der Waals surface area (Å²) < 4.78 is 24.2. The van der Waals surface area contributed by atoms with Crippen LogP contribution in [0.5, 0.6) is 0 Å². The van der Waals surface area contributed by atoms with Gasteiger partial charge in [-0.3, -0.25) is 4.79 Å². The Balaban J connectivity index is 1.51. The molecule has 0 aliphatic carbocycles. The van der Waals surface area contributed by atoms with Gasteiger partial charge in [0.05, 0.1) is 16.6 Å². The van der Waals surface area contributed by atoms with Crippen LogP contribution in [0.1, 0.15) is 58.7 Å². The van der Waals surface area contributed by atoms with Crippen molar-refractivity contribution in [1.82, 2.24) is 15.3 Å². The van der Waals surface area contributed by atoms with Crippen molar-refractivity contribution in [3.05, 3.63) is 58.5 Å². The van der Waals surface area contributed by atoms with Gasteiger partial charge >= 0.3 is 0 Å². The number of ether oxygens (including phenoxy) is 1. The molecule has 0 unspecified atom stereocenters. The lowest BCUT2D eigenvalue weighted by Gasteiger charge is -2.13. The lowest BCUT2D eigenvalue weighted by Crippen LogP contribution is -2.28. The lowest BCUT2D eigenvalue weighted by atomic mass is 10.1. The molecule has 1 aromatic carbocycles. The van der Waals surface area contributed by atoms with Crippen molar-refractivity contribution in [1.29, 1.82) is 0 Å². The van der Waals surface area contributed by atoms with Gasteiger partial charge in [0.15, 0.2) is 17.8 Å². The molecule has 1 aliphatic rings. The first kappa shape index (κ1) is 18.8. The van der Waals surface area contributed by atoms with Crippen molar-refractivity contribution in [3.8, 4) is 10.6 Å². The van der Waals surface area contributed by atoms with Gasteiger partial charge in [0.1, 0.15) is 16.9 Å². The first-order valence-corrected chi connectivity index (χ1v) is 9.93. The van der Waals surface area contributed by atoms with E-state index in [9.17, 15) is 9.18 Å². The number of oxazole rings is 1. The van der Waals surface area contributed by atoms with Crippen LogP contribution in [0.3, 0.4) is 0 Å². The molecule has 1 fully saturated rings. The van der Waals surface area contributed by atoms with Gasteiger partial charge in [-0.25, -0.2) is 14.4 Å². The molecule has 3 aromatic rings. The van der Waals surface area contributed by atoms with Crippen molar-refractivity contribution in [2.75, 3.05) is 6.61 Å². The number of nitrogens with one attached hydrogen (secondary N) is 1. The van der Waals surface area contributed by atoms with Crippen LogP contribution < -0.4 is 5.32 Å². The second-order valence-corrected chi connectivity index (χ2v) is 7.77. The first-order valence-electron chi connectivity index (χ1n) is 9.12. The minimum atomic E-state index is -0.303. The van der Waals surface area contributed by atoms with Crippen LogP contribution >= 0.6 is 11.3 Å². The number of thiazole rings is 1. The molecule has 0 saturated carbocycles. The number of hydrogen-bond acceptors (Lipinski definition) is 6. The Labute approximate surface area is 165 Å². The summed E-state index contributed by atoms with van der Waals surface area (Å²) in [5.74, 6) is -0.106. The van der Waals surface area contributed by atoms with E-state index in [1.165, 1.54) is 29.9 Å². The predicted octanol–water partition coefficient (Wildman–Crippen LogP) is 4.59. The predicted molar refractivity (Wildman–Crippen MR) is 103 cm³/mol. The third kappa shape index (κ3) is 3.70. The van der Waals surface area contributed by atoms with Crippen LogP contribution in [0.4, 0.5) is 4.39 Å². The maximum atomic E-state index is 13.2. The lowest BCUT2D eigenvalue weighted by molar-refractivity contribution is 0.0854. The average Bonchev–Trinajstić information content (AvgIpc) is 3.42. The largest absolute Gasteiger partial charge is 0.445 e. The molecule has 8 heteroatoms. The van der Waals surface area contributed by atoms with Gasteiger partial charge in [-0.05, 0) is 51.0 Å². The molecule has 1 N–H and O–H groups in total. The van der Waals surface area contributed by atoms with E-state index in [0.29, 0.717) is 12.4 Å². The Morgan fingerprint density at radius 1 is 1.36 bits per heavy atom. The van der Waals surface area contributed by atoms with E-state index in [0.717, 1.165) is 34.0 Å². The Morgan fingerprint density at radius 2 is 2.14 bits per heavy atom. The zero-order valence-corrected chi connectivity index (χ0v) is 16.4. The van der Waals surface area contributed by atoms with E-state index in [1.807, 2.05) is 13.8 Å². The minimum absolute atomic E-state index is 0.214. The molecule has 1 saturated heterocycles. The smallest absolute Gasteiger partial charge is 0.274 e. The van der Waals surface area contributed by atoms with Gasteiger partial charge in [-0.2, -0.15) is 0 Å². The minimum Gasteiger partial charge on any atom is -0.445 e. The fourth-order valence-electron chi connectivity index (χ4n) is 3.30. The fourth-order valence-corrected chi connectivity index (χ4v) is 4.37. The monoisotopic (exact) mass is 401 g/mol. The quantitative estimate of drug-likeness (QED) is 0.677. The summed E-state index contributed by atoms with van der Waals surface area (Å²) in [6, 6.07) is 5.96. The first-order chi connectivity index (χ1) is 13.5. The standard InChI is InChI=1S/C20H20FN3O3S/c1-11(18-12(2)24-20(28-18)13-5-7-14(21)8-6-13)23-19(25)16-17(27-10-22-16)15-4-3-9-26-15/h5-8,10-11,15H,3-4,9H2,1-2H3,(H,23,25)/t11-,15+/m0/s1. The maximum absolute atomic E-state index is 13.2. The molecule has 1 amide bonds. The number of amides is 1. The summed E-state index contributed by atoms with van der Waals surface area (Å²) in [5, 5.41) is 3.76. The third-order valence-electron chi connectivity index (χ3n) is 4.70. The normalized spacial score (nSPS) is 17.6. The molecule has 0 radical (unpaired) electrons. The van der Waals surface area contributed by atoms with E-state index in [4.69, 9.17) is 9.15 Å². The van der Waals surface area contributed by atoms with Crippen LogP contribution in [-0.4, -0.2) is 22.5 Å². The number of benzene rings is 1. The highest BCUT2D eigenvalue weighted by atomic mass is 32.1. The number of carbonyl (C=O) groups excluding carboxylic acids is 1. The highest BCUT2D eigenvalue weighted by Gasteiger charge is 2.29. The maximum Gasteiger partial charge on any atom is 0.274 e. The number of halogens is 1. The summed E-state index contributed by atoms with van der Waals surface area (Å²) >= 11 is 1.48. The molecule has 0 bridgehead atoms. The molecule has 0 spiro atoms. The average molecular weight is 401 g/mol. The molecule has 2 aromatic heterocycles. The van der Waals surface area contributed by atoms with Crippen LogP contribution in [0.25, 0.3) is 10.6 Å². The number of hydrogen-bond donors (Lipinski definition) is 1. The molecule has 6 nitrogen and oxygen atoms in total. The van der Waals surface area contributed by atoms with Gasteiger partial charge in [-0.1, -0.05) is 0 Å². The van der Waals surface area contributed by atoms with Crippen LogP contribution in [0, 0.1) is 12.7 Å². The van der Waals surface area contributed by atoms with Gasteiger partial charge in [-0.15, -0.1) is 11.3 Å². The zero-order valence-electron chi connectivity index (χ0n) is 15.6. The highest BCUT2D eigenvalue weighted by Crippen LogP contribution is 2.33. The van der Waals surface area contributed by atoms with Crippen LogP contribution in [0.2, 0.25) is 0 Å². The van der Waals surface area contributed by atoms with E-state index in [1.54, 1.807) is 12.1 Å².